The van der Waals surface area contributed by atoms with Crippen molar-refractivity contribution in [2.45, 2.75) is 59.0 Å². The van der Waals surface area contributed by atoms with Crippen molar-refractivity contribution in [3.05, 3.63) is 0 Å². The normalized spacial score (nSPS) is 12.5. The topological polar surface area (TPSA) is 35.5 Å². The Bertz CT molecular complexity index is 157. The third kappa shape index (κ3) is 9.73. The molecule has 0 aromatic heterocycles. The molecule has 0 aliphatic rings. The monoisotopic (exact) mass is 216 g/mol. The Balaban J connectivity index is 3.40. The molecule has 0 aromatic carbocycles. The molecule has 0 aromatic rings. The van der Waals surface area contributed by atoms with E-state index in [1.54, 1.807) is 0 Å². The van der Waals surface area contributed by atoms with Gasteiger partial charge in [0.2, 0.25) is 0 Å². The summed E-state index contributed by atoms with van der Waals surface area (Å²) >= 11 is 0. The highest BCUT2D eigenvalue weighted by atomic mass is 16.5. The first kappa shape index (κ1) is 14.4. The minimum absolute atomic E-state index is 0.0225. The Morgan fingerprint density at radius 3 is 2.33 bits per heavy atom. The van der Waals surface area contributed by atoms with Crippen molar-refractivity contribution >= 4 is 5.97 Å². The third-order valence-corrected chi connectivity index (χ3v) is 2.12. The summed E-state index contributed by atoms with van der Waals surface area (Å²) in [6.45, 7) is 7.38. The van der Waals surface area contributed by atoms with E-state index in [9.17, 15) is 4.79 Å². The van der Waals surface area contributed by atoms with Crippen LogP contribution < -0.4 is 0 Å². The van der Waals surface area contributed by atoms with E-state index in [1.807, 2.05) is 6.92 Å². The van der Waals surface area contributed by atoms with Crippen molar-refractivity contribution in [3.8, 4) is 0 Å². The summed E-state index contributed by atoms with van der Waals surface area (Å²) in [7, 11) is 0. The lowest BCUT2D eigenvalue weighted by atomic mass is 10.3. The highest BCUT2D eigenvalue weighted by Gasteiger charge is 2.09. The van der Waals surface area contributed by atoms with Crippen LogP contribution in [-0.4, -0.2) is 25.3 Å². The number of hydrogen-bond donors (Lipinski definition) is 0. The SMILES string of the molecule is CCCCOC(=O)CC(C)OCCCC. The Kier molecular flexibility index (Phi) is 9.59. The summed E-state index contributed by atoms with van der Waals surface area (Å²) < 4.78 is 10.5. The average Bonchev–Trinajstić information content (AvgIpc) is 2.18. The molecule has 1 unspecified atom stereocenters. The van der Waals surface area contributed by atoms with Crippen molar-refractivity contribution in [3.63, 3.8) is 0 Å². The number of ether oxygens (including phenoxy) is 2. The second kappa shape index (κ2) is 9.97. The number of esters is 1. The summed E-state index contributed by atoms with van der Waals surface area (Å²) in [4.78, 5) is 11.3. The zero-order valence-electron chi connectivity index (χ0n) is 10.3. The molecule has 0 amide bonds. The Labute approximate surface area is 93.1 Å². The number of unbranched alkanes of at least 4 members (excludes halogenated alkanes) is 2. The van der Waals surface area contributed by atoms with Crippen molar-refractivity contribution in [2.75, 3.05) is 13.2 Å². The molecule has 0 spiro atoms. The van der Waals surface area contributed by atoms with Crippen LogP contribution in [0.3, 0.4) is 0 Å². The maximum Gasteiger partial charge on any atom is 0.308 e. The van der Waals surface area contributed by atoms with Gasteiger partial charge in [-0.15, -0.1) is 0 Å². The fourth-order valence-electron chi connectivity index (χ4n) is 1.11. The minimum Gasteiger partial charge on any atom is -0.466 e. The van der Waals surface area contributed by atoms with E-state index in [4.69, 9.17) is 9.47 Å². The molecule has 0 aliphatic heterocycles. The summed E-state index contributed by atoms with van der Waals surface area (Å²) in [5, 5.41) is 0. The molecule has 0 N–H and O–H groups in total. The molecular weight excluding hydrogens is 192 g/mol. The maximum atomic E-state index is 11.3. The van der Waals surface area contributed by atoms with Crippen LogP contribution in [0.25, 0.3) is 0 Å². The second-order valence-electron chi connectivity index (χ2n) is 3.81. The lowest BCUT2D eigenvalue weighted by Crippen LogP contribution is -2.17. The molecule has 1 atom stereocenters. The molecule has 15 heavy (non-hydrogen) atoms. The fourth-order valence-corrected chi connectivity index (χ4v) is 1.11. The standard InChI is InChI=1S/C12H24O3/c1-4-6-8-14-11(3)10-12(13)15-9-7-5-2/h11H,4-10H2,1-3H3. The summed E-state index contributed by atoms with van der Waals surface area (Å²) in [5.74, 6) is -0.146. The molecule has 0 bridgehead atoms. The number of carbonyl (C=O) groups is 1. The van der Waals surface area contributed by atoms with Crippen LogP contribution in [0.15, 0.2) is 0 Å². The van der Waals surface area contributed by atoms with Gasteiger partial charge in [-0.05, 0) is 19.8 Å². The zero-order valence-corrected chi connectivity index (χ0v) is 10.3. The predicted molar refractivity (Wildman–Crippen MR) is 60.8 cm³/mol. The molecule has 90 valence electrons. The average molecular weight is 216 g/mol. The Morgan fingerprint density at radius 1 is 1.13 bits per heavy atom. The highest BCUT2D eigenvalue weighted by Crippen LogP contribution is 2.02. The molecule has 0 saturated carbocycles. The van der Waals surface area contributed by atoms with Gasteiger partial charge in [0.25, 0.3) is 0 Å². The Hall–Kier alpha value is -0.570. The quantitative estimate of drug-likeness (QED) is 0.439. The molecule has 0 rings (SSSR count). The minimum atomic E-state index is -0.146. The van der Waals surface area contributed by atoms with Gasteiger partial charge in [0.15, 0.2) is 0 Å². The van der Waals surface area contributed by atoms with Gasteiger partial charge in [-0.3, -0.25) is 4.79 Å². The van der Waals surface area contributed by atoms with Crippen LogP contribution in [0.5, 0.6) is 0 Å². The van der Waals surface area contributed by atoms with Crippen molar-refractivity contribution in [2.24, 2.45) is 0 Å². The van der Waals surface area contributed by atoms with E-state index in [1.165, 1.54) is 0 Å². The summed E-state index contributed by atoms with van der Waals surface area (Å²) in [6, 6.07) is 0. The molecular formula is C12H24O3. The van der Waals surface area contributed by atoms with E-state index < -0.39 is 0 Å². The van der Waals surface area contributed by atoms with Gasteiger partial charge in [0.1, 0.15) is 0 Å². The van der Waals surface area contributed by atoms with Crippen LogP contribution in [0.2, 0.25) is 0 Å². The van der Waals surface area contributed by atoms with E-state index in [0.29, 0.717) is 13.0 Å². The number of rotatable bonds is 9. The number of hydrogen-bond acceptors (Lipinski definition) is 3. The van der Waals surface area contributed by atoms with E-state index in [2.05, 4.69) is 13.8 Å². The molecule has 0 heterocycles. The van der Waals surface area contributed by atoms with E-state index >= 15 is 0 Å². The molecule has 0 aliphatic carbocycles. The first-order valence-electron chi connectivity index (χ1n) is 5.97. The number of carbonyl (C=O) groups excluding carboxylic acids is 1. The van der Waals surface area contributed by atoms with E-state index in [-0.39, 0.29) is 12.1 Å². The molecule has 3 heteroatoms. The first-order chi connectivity index (χ1) is 7.20. The fraction of sp³-hybridized carbons (Fsp3) is 0.917. The first-order valence-corrected chi connectivity index (χ1v) is 5.97. The van der Waals surface area contributed by atoms with Crippen LogP contribution in [0.1, 0.15) is 52.9 Å². The molecule has 0 radical (unpaired) electrons. The predicted octanol–water partition coefficient (Wildman–Crippen LogP) is 2.93. The van der Waals surface area contributed by atoms with Gasteiger partial charge in [-0.25, -0.2) is 0 Å². The lowest BCUT2D eigenvalue weighted by molar-refractivity contribution is -0.146. The summed E-state index contributed by atoms with van der Waals surface area (Å²) in [6.07, 6.45) is 4.51. The highest BCUT2D eigenvalue weighted by molar-refractivity contribution is 5.69. The van der Waals surface area contributed by atoms with Crippen LogP contribution >= 0.6 is 0 Å². The van der Waals surface area contributed by atoms with Crippen LogP contribution in [-0.2, 0) is 14.3 Å². The third-order valence-electron chi connectivity index (χ3n) is 2.12. The molecule has 3 nitrogen and oxygen atoms in total. The van der Waals surface area contributed by atoms with Crippen molar-refractivity contribution < 1.29 is 14.3 Å². The van der Waals surface area contributed by atoms with Gasteiger partial charge in [0, 0.05) is 6.61 Å². The summed E-state index contributed by atoms with van der Waals surface area (Å²) in [5.41, 5.74) is 0. The van der Waals surface area contributed by atoms with Crippen LogP contribution in [0, 0.1) is 0 Å². The molecule has 0 saturated heterocycles. The Morgan fingerprint density at radius 2 is 1.73 bits per heavy atom. The maximum absolute atomic E-state index is 11.3. The van der Waals surface area contributed by atoms with E-state index in [0.717, 1.165) is 32.3 Å². The van der Waals surface area contributed by atoms with Gasteiger partial charge >= 0.3 is 5.97 Å². The van der Waals surface area contributed by atoms with Gasteiger partial charge in [-0.1, -0.05) is 26.7 Å². The van der Waals surface area contributed by atoms with Crippen molar-refractivity contribution in [1.82, 2.24) is 0 Å². The zero-order chi connectivity index (χ0) is 11.5. The molecule has 0 fully saturated rings. The van der Waals surface area contributed by atoms with Gasteiger partial charge in [0.05, 0.1) is 19.1 Å². The smallest absolute Gasteiger partial charge is 0.308 e. The second-order valence-corrected chi connectivity index (χ2v) is 3.81. The van der Waals surface area contributed by atoms with Crippen LogP contribution in [0.4, 0.5) is 0 Å². The van der Waals surface area contributed by atoms with Gasteiger partial charge < -0.3 is 9.47 Å². The van der Waals surface area contributed by atoms with Gasteiger partial charge in [-0.2, -0.15) is 0 Å². The lowest BCUT2D eigenvalue weighted by Gasteiger charge is -2.12. The van der Waals surface area contributed by atoms with Crippen molar-refractivity contribution in [1.29, 1.82) is 0 Å². The largest absolute Gasteiger partial charge is 0.466 e.